The second-order valence-electron chi connectivity index (χ2n) is 5.18. The highest BCUT2D eigenvalue weighted by atomic mass is 35.5. The molecule has 0 amide bonds. The maximum Gasteiger partial charge on any atom is 0.142 e. The molecule has 2 rings (SSSR count). The Morgan fingerprint density at radius 3 is 2.40 bits per heavy atom. The topological polar surface area (TPSA) is 12.0 Å². The molecule has 2 aromatic carbocycles. The molecule has 1 unspecified atom stereocenters. The van der Waals surface area contributed by atoms with E-state index < -0.39 is 0 Å². The third-order valence-corrected chi connectivity index (χ3v) is 3.83. The third-order valence-electron chi connectivity index (χ3n) is 3.43. The van der Waals surface area contributed by atoms with Crippen LogP contribution in [0.1, 0.15) is 28.3 Å². The Labute approximate surface area is 124 Å². The summed E-state index contributed by atoms with van der Waals surface area (Å²) in [6.07, 6.45) is 0.780. The highest BCUT2D eigenvalue weighted by Crippen LogP contribution is 2.28. The second-order valence-corrected chi connectivity index (χ2v) is 5.56. The fraction of sp³-hybridized carbons (Fsp3) is 0.294. The van der Waals surface area contributed by atoms with Gasteiger partial charge in [-0.2, -0.15) is 0 Å². The average molecular weight is 292 g/mol. The number of aryl methyl sites for hydroxylation is 2. The molecule has 0 aliphatic carbocycles. The molecule has 3 heteroatoms. The molecule has 0 saturated heterocycles. The highest BCUT2D eigenvalue weighted by Gasteiger charge is 2.16. The molecule has 0 aromatic heterocycles. The normalized spacial score (nSPS) is 12.4. The number of hydrogen-bond donors (Lipinski definition) is 1. The van der Waals surface area contributed by atoms with Gasteiger partial charge < -0.3 is 5.32 Å². The van der Waals surface area contributed by atoms with Gasteiger partial charge in [-0.15, -0.1) is 0 Å². The minimum atomic E-state index is -0.371. The number of benzene rings is 2. The average Bonchev–Trinajstić information content (AvgIpc) is 2.38. The number of likely N-dealkylation sites (N-methyl/N-ethyl adjacent to an activating group) is 1. The van der Waals surface area contributed by atoms with E-state index in [1.807, 2.05) is 13.1 Å². The standard InChI is InChI=1S/C17H19ClFN/c1-11-7-12(2)9-13(8-11)10-16(20-3)14-5-4-6-15(19)17(14)18/h4-9,16,20H,10H2,1-3H3. The minimum absolute atomic E-state index is 0.000556. The third kappa shape index (κ3) is 3.38. The molecule has 0 bridgehead atoms. The first-order valence-corrected chi connectivity index (χ1v) is 7.07. The van der Waals surface area contributed by atoms with Gasteiger partial charge in [0.2, 0.25) is 0 Å². The van der Waals surface area contributed by atoms with Gasteiger partial charge >= 0.3 is 0 Å². The fourth-order valence-corrected chi connectivity index (χ4v) is 2.84. The highest BCUT2D eigenvalue weighted by molar-refractivity contribution is 6.31. The van der Waals surface area contributed by atoms with E-state index in [2.05, 4.69) is 37.4 Å². The van der Waals surface area contributed by atoms with Crippen LogP contribution < -0.4 is 5.32 Å². The van der Waals surface area contributed by atoms with Crippen molar-refractivity contribution < 1.29 is 4.39 Å². The van der Waals surface area contributed by atoms with E-state index in [1.54, 1.807) is 6.07 Å². The molecule has 0 saturated carbocycles. The van der Waals surface area contributed by atoms with E-state index in [1.165, 1.54) is 22.8 Å². The smallest absolute Gasteiger partial charge is 0.142 e. The molecule has 0 aliphatic rings. The van der Waals surface area contributed by atoms with Gasteiger partial charge in [-0.1, -0.05) is 53.1 Å². The van der Waals surface area contributed by atoms with Crippen LogP contribution in [0.5, 0.6) is 0 Å². The van der Waals surface area contributed by atoms with Crippen LogP contribution in [0.2, 0.25) is 5.02 Å². The molecular weight excluding hydrogens is 273 g/mol. The molecule has 20 heavy (non-hydrogen) atoms. The lowest BCUT2D eigenvalue weighted by Crippen LogP contribution is -2.19. The zero-order chi connectivity index (χ0) is 14.7. The van der Waals surface area contributed by atoms with Gasteiger partial charge in [0.1, 0.15) is 5.82 Å². The number of hydrogen-bond acceptors (Lipinski definition) is 1. The minimum Gasteiger partial charge on any atom is -0.313 e. The van der Waals surface area contributed by atoms with Crippen LogP contribution in [0.3, 0.4) is 0 Å². The van der Waals surface area contributed by atoms with E-state index in [0.29, 0.717) is 0 Å². The summed E-state index contributed by atoms with van der Waals surface area (Å²) in [4.78, 5) is 0. The number of halogens is 2. The molecule has 1 N–H and O–H groups in total. The summed E-state index contributed by atoms with van der Waals surface area (Å²) in [6.45, 7) is 4.17. The van der Waals surface area contributed by atoms with Crippen molar-refractivity contribution in [2.45, 2.75) is 26.3 Å². The predicted octanol–water partition coefficient (Wildman–Crippen LogP) is 4.60. The molecule has 0 radical (unpaired) electrons. The van der Waals surface area contributed by atoms with Crippen LogP contribution in [-0.2, 0) is 6.42 Å². The first-order valence-electron chi connectivity index (χ1n) is 6.69. The molecule has 0 aliphatic heterocycles. The van der Waals surface area contributed by atoms with Crippen LogP contribution in [0.4, 0.5) is 4.39 Å². The summed E-state index contributed by atoms with van der Waals surface area (Å²) in [6, 6.07) is 11.4. The largest absolute Gasteiger partial charge is 0.313 e. The lowest BCUT2D eigenvalue weighted by molar-refractivity contribution is 0.577. The molecule has 0 fully saturated rings. The van der Waals surface area contributed by atoms with E-state index >= 15 is 0 Å². The van der Waals surface area contributed by atoms with Crippen molar-refractivity contribution in [3.05, 3.63) is 69.5 Å². The van der Waals surface area contributed by atoms with E-state index in [9.17, 15) is 4.39 Å². The molecule has 106 valence electrons. The Bertz CT molecular complexity index is 590. The lowest BCUT2D eigenvalue weighted by atomic mass is 9.96. The van der Waals surface area contributed by atoms with Gasteiger partial charge in [0.15, 0.2) is 0 Å². The van der Waals surface area contributed by atoms with Crippen molar-refractivity contribution in [2.24, 2.45) is 0 Å². The van der Waals surface area contributed by atoms with Crippen molar-refractivity contribution in [2.75, 3.05) is 7.05 Å². The van der Waals surface area contributed by atoms with Gasteiger partial charge in [-0.3, -0.25) is 0 Å². The Morgan fingerprint density at radius 1 is 1.15 bits per heavy atom. The van der Waals surface area contributed by atoms with Crippen molar-refractivity contribution in [3.63, 3.8) is 0 Å². The van der Waals surface area contributed by atoms with Gasteiger partial charge in [0.25, 0.3) is 0 Å². The van der Waals surface area contributed by atoms with E-state index in [0.717, 1.165) is 12.0 Å². The molecule has 2 aromatic rings. The summed E-state index contributed by atoms with van der Waals surface area (Å²) >= 11 is 6.08. The zero-order valence-electron chi connectivity index (χ0n) is 12.0. The van der Waals surface area contributed by atoms with Crippen LogP contribution in [0, 0.1) is 19.7 Å². The molecule has 0 spiro atoms. The summed E-state index contributed by atoms with van der Waals surface area (Å²) in [5.41, 5.74) is 4.50. The Hall–Kier alpha value is -1.38. The Balaban J connectivity index is 2.31. The van der Waals surface area contributed by atoms with Crippen LogP contribution in [0.15, 0.2) is 36.4 Å². The van der Waals surface area contributed by atoms with Gasteiger partial charge in [0.05, 0.1) is 5.02 Å². The zero-order valence-corrected chi connectivity index (χ0v) is 12.8. The van der Waals surface area contributed by atoms with Crippen LogP contribution in [-0.4, -0.2) is 7.05 Å². The van der Waals surface area contributed by atoms with Crippen molar-refractivity contribution in [1.82, 2.24) is 5.32 Å². The summed E-state index contributed by atoms with van der Waals surface area (Å²) in [5, 5.41) is 3.43. The van der Waals surface area contributed by atoms with Crippen LogP contribution in [0.25, 0.3) is 0 Å². The van der Waals surface area contributed by atoms with Gasteiger partial charge in [0, 0.05) is 6.04 Å². The van der Waals surface area contributed by atoms with Crippen molar-refractivity contribution >= 4 is 11.6 Å². The molecular formula is C17H19ClFN. The monoisotopic (exact) mass is 291 g/mol. The SMILES string of the molecule is CNC(Cc1cc(C)cc(C)c1)c1cccc(F)c1Cl. The van der Waals surface area contributed by atoms with Gasteiger partial charge in [-0.25, -0.2) is 4.39 Å². The molecule has 0 heterocycles. The second kappa shape index (κ2) is 6.38. The van der Waals surface area contributed by atoms with E-state index in [-0.39, 0.29) is 16.9 Å². The van der Waals surface area contributed by atoms with Crippen LogP contribution >= 0.6 is 11.6 Å². The summed E-state index contributed by atoms with van der Waals surface area (Å²) in [5.74, 6) is -0.371. The van der Waals surface area contributed by atoms with Crippen molar-refractivity contribution in [3.8, 4) is 0 Å². The van der Waals surface area contributed by atoms with E-state index in [4.69, 9.17) is 11.6 Å². The Morgan fingerprint density at radius 2 is 1.80 bits per heavy atom. The van der Waals surface area contributed by atoms with Crippen molar-refractivity contribution in [1.29, 1.82) is 0 Å². The predicted molar refractivity (Wildman–Crippen MR) is 82.8 cm³/mol. The maximum atomic E-state index is 13.6. The first-order chi connectivity index (χ1) is 9.51. The van der Waals surface area contributed by atoms with Gasteiger partial charge in [-0.05, 0) is 44.5 Å². The molecule has 1 nitrogen and oxygen atoms in total. The quantitative estimate of drug-likeness (QED) is 0.868. The summed E-state index contributed by atoms with van der Waals surface area (Å²) in [7, 11) is 1.87. The lowest BCUT2D eigenvalue weighted by Gasteiger charge is -2.19. The maximum absolute atomic E-state index is 13.6. The molecule has 1 atom stereocenters. The Kier molecular flexibility index (Phi) is 4.79. The fourth-order valence-electron chi connectivity index (χ4n) is 2.58. The number of rotatable bonds is 4. The number of nitrogens with one attached hydrogen (secondary N) is 1. The first kappa shape index (κ1) is 15.0. The summed E-state index contributed by atoms with van der Waals surface area (Å²) < 4.78 is 13.6.